The number of rotatable bonds is 9. The Kier molecular flexibility index (Phi) is 19.9. The fourth-order valence-corrected chi connectivity index (χ4v) is 7.64. The fourth-order valence-electron chi connectivity index (χ4n) is 6.29. The van der Waals surface area contributed by atoms with Gasteiger partial charge < -0.3 is 34.8 Å². The largest absolute Gasteiger partial charge is 1.00 e. The third-order valence-corrected chi connectivity index (χ3v) is 10.9. The van der Waals surface area contributed by atoms with Gasteiger partial charge in [0.15, 0.2) is 5.75 Å². The molecular formula is C42H28CrN6Na3O12S2+. The van der Waals surface area contributed by atoms with Crippen molar-refractivity contribution in [2.75, 3.05) is 5.32 Å². The predicted molar refractivity (Wildman–Crippen MR) is 226 cm³/mol. The van der Waals surface area contributed by atoms with Crippen LogP contribution in [-0.2, 0) is 37.6 Å². The summed E-state index contributed by atoms with van der Waals surface area (Å²) in [5.74, 6) is -1.70. The summed E-state index contributed by atoms with van der Waals surface area (Å²) >= 11 is 0. The molecule has 0 atom stereocenters. The molecule has 18 nitrogen and oxygen atoms in total. The van der Waals surface area contributed by atoms with Gasteiger partial charge in [-0.05, 0) is 59.3 Å². The van der Waals surface area contributed by atoms with Crippen molar-refractivity contribution in [1.82, 2.24) is 0 Å². The normalized spacial score (nSPS) is 11.2. The molecule has 24 heteroatoms. The third-order valence-electron chi connectivity index (χ3n) is 9.17. The number of azo groups is 2. The molecule has 0 aromatic heterocycles. The second-order valence-corrected chi connectivity index (χ2v) is 15.9. The van der Waals surface area contributed by atoms with Crippen molar-refractivity contribution in [2.45, 2.75) is 9.79 Å². The average molecular weight is 994 g/mol. The van der Waals surface area contributed by atoms with Crippen LogP contribution in [0.25, 0.3) is 32.3 Å². The Morgan fingerprint density at radius 3 is 1.68 bits per heavy atom. The Labute approximate surface area is 452 Å². The van der Waals surface area contributed by atoms with Gasteiger partial charge in [-0.2, -0.15) is 0 Å². The molecule has 8 aromatic rings. The van der Waals surface area contributed by atoms with E-state index in [1.165, 1.54) is 24.3 Å². The number of anilines is 2. The number of nitrogens with zero attached hydrogens (tertiary/aromatic N) is 5. The molecule has 8 rings (SSSR count). The summed E-state index contributed by atoms with van der Waals surface area (Å²) in [6.07, 6.45) is 0. The molecule has 5 N–H and O–H groups in total. The molecule has 0 amide bonds. The van der Waals surface area contributed by atoms with Crippen molar-refractivity contribution < 1.29 is 157 Å². The van der Waals surface area contributed by atoms with Gasteiger partial charge in [-0.3, -0.25) is 10.1 Å². The minimum atomic E-state index is -5.11. The quantitative estimate of drug-likeness (QED) is 0.0443. The molecule has 66 heavy (non-hydrogen) atoms. The number of aromatic hydroxyl groups is 4. The summed E-state index contributed by atoms with van der Waals surface area (Å²) in [7, 11) is -9.90. The summed E-state index contributed by atoms with van der Waals surface area (Å²) in [6.45, 7) is 0. The second kappa shape index (κ2) is 23.5. The van der Waals surface area contributed by atoms with Gasteiger partial charge in [-0.1, -0.05) is 72.8 Å². The standard InChI is InChI=1S/C22H16N4O7S.C20H14N2O5S.Cr.3Na/c27-19-9-7-16(26(29)30)12-18(19)24-25-21-20(34(31,32)33)11-13-10-15(6-8-17(13)22(21)28)23-14-4-2-1-3-5-14;23-16-10-9-12-5-1-2-6-13(12)19(16)21-22-20-15-8-4-3-7-14(15)18(11-17(20)24)28(25,26)27;;;;/h1-12,23,27-28H,(H,31,32,33);1-11,23-24H,(H,25,26,27);;;;/q;;;3*+1/p-2. The maximum absolute atomic E-state index is 11.9. The van der Waals surface area contributed by atoms with Crippen LogP contribution in [0.2, 0.25) is 0 Å². The summed E-state index contributed by atoms with van der Waals surface area (Å²) in [5, 5.41) is 72.9. The zero-order chi connectivity index (χ0) is 44.3. The number of non-ortho nitro benzene ring substituents is 1. The van der Waals surface area contributed by atoms with Gasteiger partial charge in [0.2, 0.25) is 0 Å². The van der Waals surface area contributed by atoms with E-state index in [0.29, 0.717) is 11.1 Å². The molecule has 0 aliphatic carbocycles. The number of phenols is 4. The summed E-state index contributed by atoms with van der Waals surface area (Å²) in [6, 6.07) is 35.4. The van der Waals surface area contributed by atoms with E-state index in [1.54, 1.807) is 42.5 Å². The van der Waals surface area contributed by atoms with Crippen LogP contribution >= 0.6 is 0 Å². The van der Waals surface area contributed by atoms with Crippen molar-refractivity contribution in [1.29, 1.82) is 0 Å². The van der Waals surface area contributed by atoms with E-state index in [2.05, 4.69) is 25.8 Å². The van der Waals surface area contributed by atoms with Crippen LogP contribution in [0.3, 0.4) is 0 Å². The number of para-hydroxylation sites is 1. The van der Waals surface area contributed by atoms with Crippen LogP contribution < -0.4 is 94.0 Å². The van der Waals surface area contributed by atoms with Crippen LogP contribution in [0.15, 0.2) is 170 Å². The van der Waals surface area contributed by atoms with Crippen molar-refractivity contribution >= 4 is 92.4 Å². The molecule has 8 aromatic carbocycles. The van der Waals surface area contributed by atoms with Crippen molar-refractivity contribution in [3.05, 3.63) is 150 Å². The number of phenolic OH excluding ortho intramolecular Hbond substituents is 4. The van der Waals surface area contributed by atoms with Crippen molar-refractivity contribution in [3.63, 3.8) is 0 Å². The second-order valence-electron chi connectivity index (χ2n) is 13.2. The van der Waals surface area contributed by atoms with E-state index in [1.807, 2.05) is 42.5 Å². The maximum atomic E-state index is 11.9. The summed E-state index contributed by atoms with van der Waals surface area (Å²) in [5.41, 5.74) is 0.137. The SMILES string of the molecule is O=S(=O)([O-])c1cc(O)c(N=Nc2c(O)ccc3ccccc23)c2ccccc12.O=[N+]([O-])c1ccc(O)c(N=Nc2c(S(=O)(=O)[O-])cc3cc(Nc4ccccc4)ccc3c2O)c1.[Cr].[Na+].[Na+].[Na+]. The molecule has 0 spiro atoms. The van der Waals surface area contributed by atoms with Crippen LogP contribution in [0.5, 0.6) is 23.0 Å². The van der Waals surface area contributed by atoms with E-state index in [4.69, 9.17) is 0 Å². The van der Waals surface area contributed by atoms with E-state index in [0.717, 1.165) is 41.4 Å². The van der Waals surface area contributed by atoms with Gasteiger partial charge in [-0.25, -0.2) is 16.8 Å². The Bertz CT molecular complexity index is 3390. The fraction of sp³-hybridized carbons (Fsp3) is 0. The van der Waals surface area contributed by atoms with Gasteiger partial charge in [-0.15, -0.1) is 20.5 Å². The molecular weight excluding hydrogens is 966 g/mol. The van der Waals surface area contributed by atoms with Crippen LogP contribution in [-0.4, -0.2) is 51.3 Å². The molecule has 0 fully saturated rings. The first-order chi connectivity index (χ1) is 29.5. The Morgan fingerprint density at radius 2 is 1.05 bits per heavy atom. The zero-order valence-corrected chi connectivity index (χ0v) is 43.7. The summed E-state index contributed by atoms with van der Waals surface area (Å²) < 4.78 is 70.4. The van der Waals surface area contributed by atoms with E-state index >= 15 is 0 Å². The number of nitrogens with one attached hydrogen (secondary N) is 1. The molecule has 0 aliphatic rings. The van der Waals surface area contributed by atoms with Crippen LogP contribution in [0.1, 0.15) is 0 Å². The van der Waals surface area contributed by atoms with Crippen molar-refractivity contribution in [3.8, 4) is 23.0 Å². The molecule has 0 aliphatic heterocycles. The van der Waals surface area contributed by atoms with Crippen LogP contribution in [0.4, 0.5) is 39.8 Å². The van der Waals surface area contributed by atoms with Gasteiger partial charge in [0.25, 0.3) is 5.69 Å². The Morgan fingerprint density at radius 1 is 0.485 bits per heavy atom. The number of benzene rings is 8. The molecule has 318 valence electrons. The number of hydrogen-bond acceptors (Lipinski definition) is 17. The molecule has 0 saturated carbocycles. The van der Waals surface area contributed by atoms with Gasteiger partial charge in [0.05, 0.1) is 14.7 Å². The van der Waals surface area contributed by atoms with E-state index < -0.39 is 63.6 Å². The van der Waals surface area contributed by atoms with Crippen LogP contribution in [0, 0.1) is 10.1 Å². The smallest absolute Gasteiger partial charge is 0.744 e. The maximum Gasteiger partial charge on any atom is 1.00 e. The first-order valence-electron chi connectivity index (χ1n) is 17.8. The number of hydrogen-bond donors (Lipinski definition) is 5. The average Bonchev–Trinajstić information content (AvgIpc) is 3.23. The molecule has 0 radical (unpaired) electrons. The molecule has 0 heterocycles. The Balaban J connectivity index is 0.000000335. The zero-order valence-electron chi connectivity index (χ0n) is 34.8. The van der Waals surface area contributed by atoms with E-state index in [9.17, 15) is 56.5 Å². The summed E-state index contributed by atoms with van der Waals surface area (Å²) in [4.78, 5) is 8.85. The minimum absolute atomic E-state index is 0. The number of nitro benzene ring substituents is 1. The number of fused-ring (bicyclic) bond motifs is 3. The first kappa shape index (κ1) is 55.8. The molecule has 0 bridgehead atoms. The molecule has 0 saturated heterocycles. The third kappa shape index (κ3) is 12.7. The van der Waals surface area contributed by atoms with E-state index in [-0.39, 0.29) is 150 Å². The molecule has 0 unspecified atom stereocenters. The Hall–Kier alpha value is -4.51. The number of nitro groups is 1. The first-order valence-corrected chi connectivity index (χ1v) is 20.6. The monoisotopic (exact) mass is 993 g/mol. The minimum Gasteiger partial charge on any atom is -0.744 e. The predicted octanol–water partition coefficient (Wildman–Crippen LogP) is 0.956. The van der Waals surface area contributed by atoms with Gasteiger partial charge in [0, 0.05) is 68.5 Å². The van der Waals surface area contributed by atoms with Crippen molar-refractivity contribution in [2.24, 2.45) is 20.5 Å². The topological polar surface area (TPSA) is 300 Å². The van der Waals surface area contributed by atoms with Gasteiger partial charge in [0.1, 0.15) is 60.2 Å². The van der Waals surface area contributed by atoms with Gasteiger partial charge >= 0.3 is 88.7 Å².